The Morgan fingerprint density at radius 2 is 1.88 bits per heavy atom. The number of rotatable bonds is 4. The summed E-state index contributed by atoms with van der Waals surface area (Å²) in [4.78, 5) is 25.3. The molecule has 0 aromatic heterocycles. The van der Waals surface area contributed by atoms with Crippen LogP contribution in [0.15, 0.2) is 42.5 Å². The van der Waals surface area contributed by atoms with Crippen LogP contribution in [0.25, 0.3) is 0 Å². The Labute approximate surface area is 190 Å². The zero-order valence-corrected chi connectivity index (χ0v) is 18.2. The van der Waals surface area contributed by atoms with Gasteiger partial charge in [-0.05, 0) is 42.5 Å². The predicted molar refractivity (Wildman–Crippen MR) is 116 cm³/mol. The maximum atomic E-state index is 13.5. The van der Waals surface area contributed by atoms with Crippen molar-refractivity contribution in [3.8, 4) is 5.75 Å². The third kappa shape index (κ3) is 7.49. The van der Waals surface area contributed by atoms with Gasteiger partial charge in [-0.1, -0.05) is 30.3 Å². The Balaban J connectivity index is 1.95. The van der Waals surface area contributed by atoms with Crippen molar-refractivity contribution in [3.05, 3.63) is 64.7 Å². The lowest BCUT2D eigenvalue weighted by molar-refractivity contribution is -0.138. The fourth-order valence-corrected chi connectivity index (χ4v) is 3.84. The first-order chi connectivity index (χ1) is 15.7. The summed E-state index contributed by atoms with van der Waals surface area (Å²) in [6.45, 7) is 0.862. The van der Waals surface area contributed by atoms with Gasteiger partial charge in [-0.25, -0.2) is 0 Å². The maximum Gasteiger partial charge on any atom is 0.416 e. The molecule has 3 rings (SSSR count). The molecular formula is C24H27F3N2O4. The molecule has 0 atom stereocenters. The number of nitrogens with zero attached hydrogens (tertiary/aromatic N) is 1. The van der Waals surface area contributed by atoms with Crippen molar-refractivity contribution in [2.75, 3.05) is 19.7 Å². The zero-order valence-electron chi connectivity index (χ0n) is 18.2. The lowest BCUT2D eigenvalue weighted by Crippen LogP contribution is -2.37. The predicted octanol–water partition coefficient (Wildman–Crippen LogP) is 4.01. The summed E-state index contributed by atoms with van der Waals surface area (Å²) in [6.07, 6.45) is -2.29. The highest BCUT2D eigenvalue weighted by Crippen LogP contribution is 2.33. The molecule has 9 heteroatoms. The molecule has 2 aromatic rings. The van der Waals surface area contributed by atoms with Gasteiger partial charge in [0.25, 0.3) is 0 Å². The number of hydrogen-bond donors (Lipinski definition) is 2. The molecular weight excluding hydrogens is 437 g/mol. The molecule has 0 unspecified atom stereocenters. The van der Waals surface area contributed by atoms with Crippen LogP contribution in [0.4, 0.5) is 13.2 Å². The van der Waals surface area contributed by atoms with Crippen molar-refractivity contribution in [1.29, 1.82) is 0 Å². The minimum Gasteiger partial charge on any atom is -0.493 e. The second kappa shape index (κ2) is 11.2. The number of alkyl halides is 3. The van der Waals surface area contributed by atoms with E-state index in [-0.39, 0.29) is 37.5 Å². The van der Waals surface area contributed by atoms with Crippen molar-refractivity contribution in [3.63, 3.8) is 0 Å². The van der Waals surface area contributed by atoms with Gasteiger partial charge in [-0.2, -0.15) is 13.2 Å². The van der Waals surface area contributed by atoms with Crippen molar-refractivity contribution in [1.82, 2.24) is 10.2 Å². The first-order valence-electron chi connectivity index (χ1n) is 10.8. The van der Waals surface area contributed by atoms with Gasteiger partial charge in [0.15, 0.2) is 0 Å². The molecule has 2 N–H and O–H groups in total. The number of carbonyl (C=O) groups is 2. The van der Waals surface area contributed by atoms with Crippen LogP contribution in [0.2, 0.25) is 0 Å². The number of amides is 1. The average Bonchev–Trinajstić information content (AvgIpc) is 2.74. The highest BCUT2D eigenvalue weighted by Gasteiger charge is 2.33. The summed E-state index contributed by atoms with van der Waals surface area (Å²) in [7, 11) is 0. The number of carboxylic acids is 1. The van der Waals surface area contributed by atoms with E-state index in [0.717, 1.165) is 25.3 Å². The fraction of sp³-hybridized carbons (Fsp3) is 0.417. The smallest absolute Gasteiger partial charge is 0.416 e. The number of benzene rings is 2. The van der Waals surface area contributed by atoms with Crippen LogP contribution in [0.3, 0.4) is 0 Å². The number of carbonyl (C=O) groups excluding carboxylic acids is 1. The monoisotopic (exact) mass is 464 g/mol. The van der Waals surface area contributed by atoms with Crippen LogP contribution < -0.4 is 10.1 Å². The number of hydrogen-bond acceptors (Lipinski definition) is 4. The van der Waals surface area contributed by atoms with Gasteiger partial charge in [0.1, 0.15) is 5.75 Å². The van der Waals surface area contributed by atoms with Crippen LogP contribution in [0, 0.1) is 0 Å². The molecule has 0 radical (unpaired) electrons. The van der Waals surface area contributed by atoms with E-state index < -0.39 is 17.7 Å². The van der Waals surface area contributed by atoms with E-state index in [1.807, 2.05) is 0 Å². The Morgan fingerprint density at radius 3 is 2.64 bits per heavy atom. The fourth-order valence-electron chi connectivity index (χ4n) is 3.84. The number of ether oxygens (including phenoxy) is 1. The molecule has 178 valence electrons. The van der Waals surface area contributed by atoms with E-state index >= 15 is 0 Å². The third-order valence-corrected chi connectivity index (χ3v) is 5.36. The summed E-state index contributed by atoms with van der Waals surface area (Å²) in [6, 6.07) is 10.3. The van der Waals surface area contributed by atoms with E-state index in [2.05, 4.69) is 5.32 Å². The van der Waals surface area contributed by atoms with Crippen molar-refractivity contribution >= 4 is 11.9 Å². The SMILES string of the molecule is O=C(O)Cc1ccc2c(c1)CN(Cc1ccccc1C(F)(F)F)CC(=O)NCCCCCO2. The van der Waals surface area contributed by atoms with Gasteiger partial charge in [-0.15, -0.1) is 0 Å². The van der Waals surface area contributed by atoms with Gasteiger partial charge < -0.3 is 15.2 Å². The van der Waals surface area contributed by atoms with E-state index in [0.29, 0.717) is 30.0 Å². The first-order valence-corrected chi connectivity index (χ1v) is 10.8. The number of nitrogens with one attached hydrogen (secondary N) is 1. The van der Waals surface area contributed by atoms with Gasteiger partial charge in [0, 0.05) is 25.2 Å². The first kappa shape index (κ1) is 24.6. The van der Waals surface area contributed by atoms with Crippen LogP contribution in [0.5, 0.6) is 5.75 Å². The Bertz CT molecular complexity index is 978. The van der Waals surface area contributed by atoms with Crippen LogP contribution in [0.1, 0.15) is 41.5 Å². The summed E-state index contributed by atoms with van der Waals surface area (Å²) >= 11 is 0. The van der Waals surface area contributed by atoms with Crippen molar-refractivity contribution in [2.24, 2.45) is 0 Å². The van der Waals surface area contributed by atoms with E-state index in [9.17, 15) is 22.8 Å². The molecule has 0 fully saturated rings. The summed E-state index contributed by atoms with van der Waals surface area (Å²) < 4.78 is 46.5. The normalized spacial score (nSPS) is 16.4. The zero-order chi connectivity index (χ0) is 23.8. The molecule has 0 spiro atoms. The van der Waals surface area contributed by atoms with Gasteiger partial charge in [-0.3, -0.25) is 14.5 Å². The largest absolute Gasteiger partial charge is 0.493 e. The third-order valence-electron chi connectivity index (χ3n) is 5.36. The molecule has 1 heterocycles. The number of carboxylic acid groups (broad SMARTS) is 1. The number of fused-ring (bicyclic) bond motifs is 1. The molecule has 0 bridgehead atoms. The van der Waals surface area contributed by atoms with E-state index in [1.165, 1.54) is 18.2 Å². The molecule has 33 heavy (non-hydrogen) atoms. The Morgan fingerprint density at radius 1 is 1.09 bits per heavy atom. The van der Waals surface area contributed by atoms with Crippen LogP contribution in [-0.4, -0.2) is 41.6 Å². The molecule has 2 aromatic carbocycles. The number of aliphatic carboxylic acids is 1. The van der Waals surface area contributed by atoms with Crippen molar-refractivity contribution < 1.29 is 32.6 Å². The van der Waals surface area contributed by atoms with E-state index in [4.69, 9.17) is 9.84 Å². The number of halogens is 3. The highest BCUT2D eigenvalue weighted by molar-refractivity contribution is 5.78. The van der Waals surface area contributed by atoms with Gasteiger partial charge in [0.05, 0.1) is 25.1 Å². The molecule has 0 saturated heterocycles. The topological polar surface area (TPSA) is 78.9 Å². The second-order valence-electron chi connectivity index (χ2n) is 8.07. The van der Waals surface area contributed by atoms with E-state index in [1.54, 1.807) is 23.1 Å². The Hall–Kier alpha value is -3.07. The standard InChI is InChI=1S/C24H27F3N2O4/c25-24(26,27)20-7-3-2-6-18(20)14-29-15-19-12-17(13-23(31)32)8-9-21(19)33-11-5-1-4-10-28-22(30)16-29/h2-3,6-9,12H,1,4-5,10-11,13-16H2,(H,28,30)(H,31,32). The lowest BCUT2D eigenvalue weighted by atomic mass is 10.0. The van der Waals surface area contributed by atoms with Gasteiger partial charge >= 0.3 is 12.1 Å². The lowest BCUT2D eigenvalue weighted by Gasteiger charge is -2.25. The molecule has 1 amide bonds. The molecule has 6 nitrogen and oxygen atoms in total. The minimum atomic E-state index is -4.51. The van der Waals surface area contributed by atoms with Crippen LogP contribution in [-0.2, 0) is 35.3 Å². The molecule has 1 aliphatic rings. The molecule has 0 aliphatic carbocycles. The Kier molecular flexibility index (Phi) is 8.32. The van der Waals surface area contributed by atoms with Crippen molar-refractivity contribution in [2.45, 2.75) is 44.9 Å². The van der Waals surface area contributed by atoms with Gasteiger partial charge in [0.2, 0.25) is 5.91 Å². The maximum absolute atomic E-state index is 13.5. The highest BCUT2D eigenvalue weighted by atomic mass is 19.4. The quantitative estimate of drug-likeness (QED) is 0.715. The average molecular weight is 464 g/mol. The van der Waals surface area contributed by atoms with Crippen LogP contribution >= 0.6 is 0 Å². The molecule has 1 aliphatic heterocycles. The second-order valence-corrected chi connectivity index (χ2v) is 8.07. The summed E-state index contributed by atoms with van der Waals surface area (Å²) in [5.41, 5.74) is 0.496. The minimum absolute atomic E-state index is 0.0614. The molecule has 0 saturated carbocycles. The summed E-state index contributed by atoms with van der Waals surface area (Å²) in [5.74, 6) is -0.725. The summed E-state index contributed by atoms with van der Waals surface area (Å²) in [5, 5.41) is 12.0.